The molecule has 7 nitrogen and oxygen atoms in total. The minimum absolute atomic E-state index is 0.0686. The highest BCUT2D eigenvalue weighted by Crippen LogP contribution is 2.42. The quantitative estimate of drug-likeness (QED) is 0.393. The molecular weight excluding hydrogens is 422 g/mol. The second-order valence-electron chi connectivity index (χ2n) is 8.29. The van der Waals surface area contributed by atoms with Crippen LogP contribution in [0, 0.1) is 0 Å². The fraction of sp³-hybridized carbons (Fsp3) is 0.385. The van der Waals surface area contributed by atoms with Crippen LogP contribution in [-0.4, -0.2) is 56.2 Å². The molecule has 2 aromatic carbocycles. The normalized spacial score (nSPS) is 19.5. The predicted octanol–water partition coefficient (Wildman–Crippen LogP) is 3.65. The smallest absolute Gasteiger partial charge is 0.295 e. The predicted molar refractivity (Wildman–Crippen MR) is 124 cm³/mol. The number of benzene rings is 2. The first-order valence-electron chi connectivity index (χ1n) is 11.1. The van der Waals surface area contributed by atoms with Crippen LogP contribution in [0.15, 0.2) is 42.0 Å². The first kappa shape index (κ1) is 22.9. The van der Waals surface area contributed by atoms with E-state index in [1.165, 1.54) is 37.4 Å². The van der Waals surface area contributed by atoms with Crippen molar-refractivity contribution in [2.75, 3.05) is 34.5 Å². The maximum Gasteiger partial charge on any atom is 0.295 e. The van der Waals surface area contributed by atoms with E-state index in [9.17, 15) is 14.7 Å². The van der Waals surface area contributed by atoms with E-state index in [-0.39, 0.29) is 24.5 Å². The van der Waals surface area contributed by atoms with Crippen LogP contribution in [0.2, 0.25) is 0 Å². The summed E-state index contributed by atoms with van der Waals surface area (Å²) in [4.78, 5) is 27.6. The molecule has 1 atom stereocenters. The molecule has 0 bridgehead atoms. The van der Waals surface area contributed by atoms with Gasteiger partial charge in [-0.05, 0) is 60.6 Å². The van der Waals surface area contributed by atoms with Gasteiger partial charge in [-0.1, -0.05) is 18.2 Å². The number of methoxy groups -OCH3 is 3. The summed E-state index contributed by atoms with van der Waals surface area (Å²) < 4.78 is 15.9. The maximum absolute atomic E-state index is 13.1. The molecule has 1 fully saturated rings. The number of likely N-dealkylation sites (tertiary alicyclic amines) is 1. The SMILES string of the molecule is COCCN1C(=O)C(=O)/C(=C(/O)c2ccc3c(c2)CCCC3)C1c1ccc(OC)c(OC)c1. The van der Waals surface area contributed by atoms with Crippen LogP contribution in [-0.2, 0) is 27.2 Å². The van der Waals surface area contributed by atoms with Crippen LogP contribution < -0.4 is 9.47 Å². The standard InChI is InChI=1S/C26H29NO6/c1-31-13-12-27-23(18-10-11-20(32-2)21(15-18)33-3)22(25(29)26(27)30)24(28)19-9-8-16-6-4-5-7-17(16)14-19/h8-11,14-15,23,28H,4-7,12-13H2,1-3H3/b24-22+. The van der Waals surface area contributed by atoms with Crippen LogP contribution in [0.4, 0.5) is 0 Å². The minimum Gasteiger partial charge on any atom is -0.507 e. The number of aliphatic hydroxyl groups is 1. The zero-order chi connectivity index (χ0) is 23.5. The number of carbonyl (C=O) groups is 2. The highest BCUT2D eigenvalue weighted by molar-refractivity contribution is 6.46. The average Bonchev–Trinajstić information content (AvgIpc) is 3.11. The van der Waals surface area contributed by atoms with Gasteiger partial charge in [0.2, 0.25) is 0 Å². The van der Waals surface area contributed by atoms with Crippen LogP contribution >= 0.6 is 0 Å². The summed E-state index contributed by atoms with van der Waals surface area (Å²) in [6.07, 6.45) is 4.22. The fourth-order valence-electron chi connectivity index (χ4n) is 4.71. The number of amides is 1. The molecule has 1 heterocycles. The molecule has 33 heavy (non-hydrogen) atoms. The number of nitrogens with zero attached hydrogens (tertiary/aromatic N) is 1. The van der Waals surface area contributed by atoms with Crippen molar-refractivity contribution in [2.45, 2.75) is 31.7 Å². The molecule has 7 heteroatoms. The van der Waals surface area contributed by atoms with Gasteiger partial charge in [0.25, 0.3) is 11.7 Å². The van der Waals surface area contributed by atoms with Crippen molar-refractivity contribution < 1.29 is 28.9 Å². The van der Waals surface area contributed by atoms with Gasteiger partial charge in [-0.15, -0.1) is 0 Å². The largest absolute Gasteiger partial charge is 0.507 e. The van der Waals surface area contributed by atoms with E-state index >= 15 is 0 Å². The molecule has 0 saturated carbocycles. The Morgan fingerprint density at radius 2 is 1.70 bits per heavy atom. The molecule has 1 aliphatic heterocycles. The third-order valence-corrected chi connectivity index (χ3v) is 6.42. The molecule has 1 unspecified atom stereocenters. The molecule has 1 saturated heterocycles. The van der Waals surface area contributed by atoms with Crippen molar-refractivity contribution in [1.29, 1.82) is 0 Å². The van der Waals surface area contributed by atoms with Gasteiger partial charge in [-0.25, -0.2) is 0 Å². The van der Waals surface area contributed by atoms with E-state index in [0.717, 1.165) is 25.7 Å². The lowest BCUT2D eigenvalue weighted by molar-refractivity contribution is -0.140. The summed E-state index contributed by atoms with van der Waals surface area (Å²) >= 11 is 0. The van der Waals surface area contributed by atoms with Crippen molar-refractivity contribution >= 4 is 17.4 Å². The number of ether oxygens (including phenoxy) is 3. The van der Waals surface area contributed by atoms with Crippen molar-refractivity contribution in [2.24, 2.45) is 0 Å². The first-order valence-corrected chi connectivity index (χ1v) is 11.1. The molecule has 174 valence electrons. The van der Waals surface area contributed by atoms with Gasteiger partial charge in [0.05, 0.1) is 32.4 Å². The average molecular weight is 452 g/mol. The molecule has 0 spiro atoms. The van der Waals surface area contributed by atoms with E-state index in [2.05, 4.69) is 0 Å². The summed E-state index contributed by atoms with van der Waals surface area (Å²) in [7, 11) is 4.60. The van der Waals surface area contributed by atoms with Gasteiger partial charge >= 0.3 is 0 Å². The molecule has 1 aliphatic carbocycles. The van der Waals surface area contributed by atoms with Gasteiger partial charge in [-0.2, -0.15) is 0 Å². The number of carbonyl (C=O) groups excluding carboxylic acids is 2. The maximum atomic E-state index is 13.1. The molecule has 2 aliphatic rings. The van der Waals surface area contributed by atoms with Gasteiger partial charge in [0.15, 0.2) is 11.5 Å². The zero-order valence-corrected chi connectivity index (χ0v) is 19.2. The van der Waals surface area contributed by atoms with Gasteiger partial charge in [0.1, 0.15) is 5.76 Å². The van der Waals surface area contributed by atoms with Crippen LogP contribution in [0.5, 0.6) is 11.5 Å². The highest BCUT2D eigenvalue weighted by atomic mass is 16.5. The minimum atomic E-state index is -0.768. The van der Waals surface area contributed by atoms with E-state index in [1.54, 1.807) is 18.2 Å². The van der Waals surface area contributed by atoms with E-state index in [0.29, 0.717) is 22.6 Å². The van der Waals surface area contributed by atoms with Crippen LogP contribution in [0.25, 0.3) is 5.76 Å². The second-order valence-corrected chi connectivity index (χ2v) is 8.29. The summed E-state index contributed by atoms with van der Waals surface area (Å²) in [6.45, 7) is 0.469. The van der Waals surface area contributed by atoms with Crippen molar-refractivity contribution in [1.82, 2.24) is 4.90 Å². The molecule has 4 rings (SSSR count). The monoisotopic (exact) mass is 451 g/mol. The lowest BCUT2D eigenvalue weighted by atomic mass is 9.88. The Morgan fingerprint density at radius 3 is 2.39 bits per heavy atom. The Kier molecular flexibility index (Phi) is 6.70. The van der Waals surface area contributed by atoms with Gasteiger partial charge in [-0.3, -0.25) is 9.59 Å². The number of aryl methyl sites for hydroxylation is 2. The lowest BCUT2D eigenvalue weighted by Crippen LogP contribution is -2.32. The number of rotatable bonds is 7. The zero-order valence-electron chi connectivity index (χ0n) is 19.2. The van der Waals surface area contributed by atoms with Crippen molar-refractivity contribution in [3.8, 4) is 11.5 Å². The topological polar surface area (TPSA) is 85.3 Å². The molecular formula is C26H29NO6. The summed E-state index contributed by atoms with van der Waals surface area (Å²) in [5, 5.41) is 11.3. The molecule has 0 radical (unpaired) electrons. The van der Waals surface area contributed by atoms with Crippen LogP contribution in [0.1, 0.15) is 41.1 Å². The first-order chi connectivity index (χ1) is 16.0. The highest BCUT2D eigenvalue weighted by Gasteiger charge is 2.46. The third kappa shape index (κ3) is 4.20. The fourth-order valence-corrected chi connectivity index (χ4v) is 4.71. The van der Waals surface area contributed by atoms with E-state index < -0.39 is 17.7 Å². The number of hydrogen-bond acceptors (Lipinski definition) is 6. The van der Waals surface area contributed by atoms with Gasteiger partial charge < -0.3 is 24.2 Å². The van der Waals surface area contributed by atoms with Crippen molar-refractivity contribution in [3.05, 3.63) is 64.2 Å². The van der Waals surface area contributed by atoms with Crippen LogP contribution in [0.3, 0.4) is 0 Å². The van der Waals surface area contributed by atoms with E-state index in [4.69, 9.17) is 14.2 Å². The molecule has 2 aromatic rings. The molecule has 1 N–H and O–H groups in total. The van der Waals surface area contributed by atoms with E-state index in [1.807, 2.05) is 18.2 Å². The Bertz CT molecular complexity index is 1110. The molecule has 0 aromatic heterocycles. The van der Waals surface area contributed by atoms with Crippen molar-refractivity contribution in [3.63, 3.8) is 0 Å². The number of hydrogen-bond donors (Lipinski definition) is 1. The molecule has 1 amide bonds. The summed E-state index contributed by atoms with van der Waals surface area (Å²) in [5.74, 6) is -0.528. The van der Waals surface area contributed by atoms with Gasteiger partial charge in [0, 0.05) is 19.2 Å². The Morgan fingerprint density at radius 1 is 0.970 bits per heavy atom. The summed E-state index contributed by atoms with van der Waals surface area (Å²) in [5.41, 5.74) is 3.71. The second kappa shape index (κ2) is 9.67. The Balaban J connectivity index is 1.85. The number of Topliss-reactive ketones (excluding diaryl/α,β-unsaturated/α-hetero) is 1. The Hall–Kier alpha value is -3.32. The number of fused-ring (bicyclic) bond motifs is 1. The number of ketones is 1. The lowest BCUT2D eigenvalue weighted by Gasteiger charge is -2.25. The third-order valence-electron chi connectivity index (χ3n) is 6.42. The Labute approximate surface area is 193 Å². The summed E-state index contributed by atoms with van der Waals surface area (Å²) in [6, 6.07) is 10.2. The number of aliphatic hydroxyl groups excluding tert-OH is 1.